The monoisotopic (exact) mass is 306 g/mol. The highest BCUT2D eigenvalue weighted by Gasteiger charge is 2.30. The Labute approximate surface area is 117 Å². The minimum Gasteiger partial charge on any atom is -0.382 e. The van der Waals surface area contributed by atoms with E-state index in [1.807, 2.05) is 0 Å². The maximum Gasteiger partial charge on any atom is 0.416 e. The van der Waals surface area contributed by atoms with E-state index in [9.17, 15) is 13.2 Å². The van der Waals surface area contributed by atoms with Gasteiger partial charge in [0.15, 0.2) is 0 Å². The predicted molar refractivity (Wildman–Crippen MR) is 69.1 cm³/mol. The van der Waals surface area contributed by atoms with E-state index in [0.29, 0.717) is 0 Å². The fraction of sp³-hybridized carbons (Fsp3) is 0.0833. The Balaban J connectivity index is 2.57. The van der Waals surface area contributed by atoms with Crippen LogP contribution in [0, 0.1) is 0 Å². The van der Waals surface area contributed by atoms with Crippen molar-refractivity contribution in [1.82, 2.24) is 4.98 Å². The molecule has 19 heavy (non-hydrogen) atoms. The normalized spacial score (nSPS) is 11.6. The van der Waals surface area contributed by atoms with E-state index in [0.717, 1.165) is 12.1 Å². The van der Waals surface area contributed by atoms with Crippen LogP contribution in [0.3, 0.4) is 0 Å². The maximum atomic E-state index is 12.6. The summed E-state index contributed by atoms with van der Waals surface area (Å²) >= 11 is 11.6. The van der Waals surface area contributed by atoms with Gasteiger partial charge in [0.1, 0.15) is 5.82 Å². The van der Waals surface area contributed by atoms with Crippen molar-refractivity contribution in [2.75, 3.05) is 5.73 Å². The van der Waals surface area contributed by atoms with Gasteiger partial charge in [-0.05, 0) is 18.2 Å². The molecule has 0 saturated heterocycles. The summed E-state index contributed by atoms with van der Waals surface area (Å²) in [6.45, 7) is 0. The number of pyridine rings is 1. The molecule has 7 heteroatoms. The second-order valence-electron chi connectivity index (χ2n) is 3.76. The molecule has 0 saturated carbocycles. The summed E-state index contributed by atoms with van der Waals surface area (Å²) in [7, 11) is 0. The van der Waals surface area contributed by atoms with Crippen molar-refractivity contribution in [2.45, 2.75) is 6.18 Å². The van der Waals surface area contributed by atoms with Gasteiger partial charge in [-0.25, -0.2) is 4.98 Å². The number of anilines is 1. The first-order valence-electron chi connectivity index (χ1n) is 5.08. The standard InChI is InChI=1S/C12H7Cl2F3N2/c13-8-5-9(14)11(18)19-10(8)6-2-1-3-7(4-6)12(15,16)17/h1-5H,(H2,18,19). The van der Waals surface area contributed by atoms with Gasteiger partial charge in [0.2, 0.25) is 0 Å². The first-order chi connectivity index (χ1) is 8.79. The Morgan fingerprint density at radius 2 is 1.74 bits per heavy atom. The van der Waals surface area contributed by atoms with Crippen LogP contribution in [0.15, 0.2) is 30.3 Å². The number of nitrogen functional groups attached to an aromatic ring is 1. The lowest BCUT2D eigenvalue weighted by Gasteiger charge is -2.10. The zero-order valence-corrected chi connectivity index (χ0v) is 10.8. The van der Waals surface area contributed by atoms with E-state index < -0.39 is 11.7 Å². The van der Waals surface area contributed by atoms with Crippen molar-refractivity contribution < 1.29 is 13.2 Å². The third-order valence-electron chi connectivity index (χ3n) is 2.42. The van der Waals surface area contributed by atoms with Crippen LogP contribution < -0.4 is 5.73 Å². The Kier molecular flexibility index (Phi) is 3.60. The van der Waals surface area contributed by atoms with Crippen LogP contribution in [-0.4, -0.2) is 4.98 Å². The molecule has 2 rings (SSSR count). The molecule has 0 amide bonds. The molecule has 2 nitrogen and oxygen atoms in total. The molecule has 0 atom stereocenters. The first-order valence-corrected chi connectivity index (χ1v) is 5.84. The van der Waals surface area contributed by atoms with Gasteiger partial charge in [-0.15, -0.1) is 0 Å². The largest absolute Gasteiger partial charge is 0.416 e. The van der Waals surface area contributed by atoms with E-state index in [-0.39, 0.29) is 27.1 Å². The van der Waals surface area contributed by atoms with Crippen LogP contribution in [0.4, 0.5) is 19.0 Å². The quantitative estimate of drug-likeness (QED) is 0.832. The number of nitrogens with two attached hydrogens (primary N) is 1. The highest BCUT2D eigenvalue weighted by atomic mass is 35.5. The van der Waals surface area contributed by atoms with Gasteiger partial charge in [-0.1, -0.05) is 35.3 Å². The molecule has 0 spiro atoms. The van der Waals surface area contributed by atoms with Crippen LogP contribution in [0.5, 0.6) is 0 Å². The van der Waals surface area contributed by atoms with Gasteiger partial charge < -0.3 is 5.73 Å². The molecule has 0 aliphatic rings. The van der Waals surface area contributed by atoms with Crippen LogP contribution in [0.25, 0.3) is 11.3 Å². The topological polar surface area (TPSA) is 38.9 Å². The van der Waals surface area contributed by atoms with Crippen molar-refractivity contribution in [3.05, 3.63) is 45.9 Å². The summed E-state index contributed by atoms with van der Waals surface area (Å²) in [5.41, 5.74) is 5.13. The fourth-order valence-corrected chi connectivity index (χ4v) is 1.99. The fourth-order valence-electron chi connectivity index (χ4n) is 1.53. The zero-order chi connectivity index (χ0) is 14.2. The number of halogens is 5. The number of rotatable bonds is 1. The van der Waals surface area contributed by atoms with Crippen molar-refractivity contribution >= 4 is 29.0 Å². The molecule has 0 aliphatic heterocycles. The van der Waals surface area contributed by atoms with Gasteiger partial charge >= 0.3 is 6.18 Å². The highest BCUT2D eigenvalue weighted by Crippen LogP contribution is 2.35. The summed E-state index contributed by atoms with van der Waals surface area (Å²) in [6.07, 6.45) is -4.43. The van der Waals surface area contributed by atoms with Gasteiger partial charge in [-0.3, -0.25) is 0 Å². The van der Waals surface area contributed by atoms with E-state index in [1.165, 1.54) is 18.2 Å². The number of alkyl halides is 3. The molecule has 1 heterocycles. The zero-order valence-electron chi connectivity index (χ0n) is 9.30. The average Bonchev–Trinajstić information content (AvgIpc) is 2.33. The lowest BCUT2D eigenvalue weighted by molar-refractivity contribution is -0.137. The van der Waals surface area contributed by atoms with Gasteiger partial charge in [0.25, 0.3) is 0 Å². The number of benzene rings is 1. The molecule has 0 bridgehead atoms. The molecule has 2 N–H and O–H groups in total. The third-order valence-corrected chi connectivity index (χ3v) is 3.01. The third kappa shape index (κ3) is 2.93. The van der Waals surface area contributed by atoms with Crippen LogP contribution in [0.1, 0.15) is 5.56 Å². The Hall–Kier alpha value is -1.46. The Morgan fingerprint density at radius 1 is 1.05 bits per heavy atom. The lowest BCUT2D eigenvalue weighted by Crippen LogP contribution is -2.05. The van der Waals surface area contributed by atoms with E-state index in [1.54, 1.807) is 0 Å². The minimum absolute atomic E-state index is 0.0125. The summed E-state index contributed by atoms with van der Waals surface area (Å²) < 4.78 is 37.9. The van der Waals surface area contributed by atoms with Gasteiger partial charge in [-0.2, -0.15) is 13.2 Å². The van der Waals surface area contributed by atoms with E-state index in [2.05, 4.69) is 4.98 Å². The highest BCUT2D eigenvalue weighted by molar-refractivity contribution is 6.37. The molecular formula is C12H7Cl2F3N2. The van der Waals surface area contributed by atoms with Crippen molar-refractivity contribution in [1.29, 1.82) is 0 Å². The van der Waals surface area contributed by atoms with Crippen molar-refractivity contribution in [3.63, 3.8) is 0 Å². The van der Waals surface area contributed by atoms with Crippen molar-refractivity contribution in [3.8, 4) is 11.3 Å². The molecular weight excluding hydrogens is 300 g/mol. The SMILES string of the molecule is Nc1nc(-c2cccc(C(F)(F)F)c2)c(Cl)cc1Cl. The number of hydrogen-bond donors (Lipinski definition) is 1. The Bertz CT molecular complexity index is 627. The summed E-state index contributed by atoms with van der Waals surface area (Å²) in [4.78, 5) is 3.91. The molecule has 0 aliphatic carbocycles. The molecule has 2 aromatic rings. The van der Waals surface area contributed by atoms with Crippen LogP contribution in [0.2, 0.25) is 10.0 Å². The van der Waals surface area contributed by atoms with Crippen LogP contribution >= 0.6 is 23.2 Å². The molecule has 1 aromatic carbocycles. The minimum atomic E-state index is -4.43. The van der Waals surface area contributed by atoms with Crippen LogP contribution in [-0.2, 0) is 6.18 Å². The molecule has 0 unspecified atom stereocenters. The van der Waals surface area contributed by atoms with Crippen molar-refractivity contribution in [2.24, 2.45) is 0 Å². The second kappa shape index (κ2) is 4.90. The molecule has 1 aromatic heterocycles. The molecule has 100 valence electrons. The van der Waals surface area contributed by atoms with E-state index >= 15 is 0 Å². The second-order valence-corrected chi connectivity index (χ2v) is 4.58. The number of nitrogens with zero attached hydrogens (tertiary/aromatic N) is 1. The lowest BCUT2D eigenvalue weighted by atomic mass is 10.1. The summed E-state index contributed by atoms with van der Waals surface area (Å²) in [6, 6.07) is 6.02. The molecule has 0 fully saturated rings. The van der Waals surface area contributed by atoms with Gasteiger partial charge in [0, 0.05) is 5.56 Å². The summed E-state index contributed by atoms with van der Waals surface area (Å²) in [5.74, 6) is 0.0125. The number of hydrogen-bond acceptors (Lipinski definition) is 2. The predicted octanol–water partition coefficient (Wildman–Crippen LogP) is 4.66. The van der Waals surface area contributed by atoms with Gasteiger partial charge in [0.05, 0.1) is 21.3 Å². The maximum absolute atomic E-state index is 12.6. The Morgan fingerprint density at radius 3 is 2.37 bits per heavy atom. The first kappa shape index (κ1) is 14.0. The smallest absolute Gasteiger partial charge is 0.382 e. The number of aromatic nitrogens is 1. The molecule has 0 radical (unpaired) electrons. The summed E-state index contributed by atoms with van der Waals surface area (Å²) in [5, 5.41) is 0.291. The van der Waals surface area contributed by atoms with E-state index in [4.69, 9.17) is 28.9 Å². The average molecular weight is 307 g/mol.